The lowest BCUT2D eigenvalue weighted by atomic mass is 10.1. The van der Waals surface area contributed by atoms with E-state index in [1.54, 1.807) is 47.6 Å². The first-order chi connectivity index (χ1) is 14.0. The SMILES string of the molecule is CC(=O)c1ccc(N(CCC(=O)N2CCN(c3ncccn3)CC2)C(C)=O)cc1. The average Bonchev–Trinajstić information content (AvgIpc) is 2.74. The Morgan fingerprint density at radius 2 is 1.59 bits per heavy atom. The molecule has 0 unspecified atom stereocenters. The second-order valence-electron chi connectivity index (χ2n) is 6.94. The molecule has 0 atom stereocenters. The number of benzene rings is 1. The molecule has 0 saturated carbocycles. The van der Waals surface area contributed by atoms with Crippen molar-refractivity contribution in [1.82, 2.24) is 14.9 Å². The van der Waals surface area contributed by atoms with Gasteiger partial charge in [-0.3, -0.25) is 14.4 Å². The summed E-state index contributed by atoms with van der Waals surface area (Å²) in [5, 5.41) is 0. The second kappa shape index (κ2) is 9.27. The minimum absolute atomic E-state index is 0.0187. The topological polar surface area (TPSA) is 86.7 Å². The van der Waals surface area contributed by atoms with Gasteiger partial charge in [0.1, 0.15) is 0 Å². The van der Waals surface area contributed by atoms with Crippen LogP contribution in [-0.2, 0) is 9.59 Å². The number of anilines is 2. The quantitative estimate of drug-likeness (QED) is 0.693. The maximum atomic E-state index is 12.6. The van der Waals surface area contributed by atoms with Crippen molar-refractivity contribution in [2.75, 3.05) is 42.5 Å². The van der Waals surface area contributed by atoms with Gasteiger partial charge in [0.15, 0.2) is 5.78 Å². The van der Waals surface area contributed by atoms with Gasteiger partial charge in [0.05, 0.1) is 0 Å². The van der Waals surface area contributed by atoms with Gasteiger partial charge in [-0.15, -0.1) is 0 Å². The maximum absolute atomic E-state index is 12.6. The summed E-state index contributed by atoms with van der Waals surface area (Å²) in [5.74, 6) is 0.530. The molecule has 1 fully saturated rings. The summed E-state index contributed by atoms with van der Waals surface area (Å²) in [6.07, 6.45) is 3.66. The molecular weight excluding hydrogens is 370 g/mol. The molecule has 8 heteroatoms. The van der Waals surface area contributed by atoms with E-state index >= 15 is 0 Å². The Balaban J connectivity index is 1.54. The van der Waals surface area contributed by atoms with Crippen molar-refractivity contribution in [2.45, 2.75) is 20.3 Å². The van der Waals surface area contributed by atoms with Crippen molar-refractivity contribution in [2.24, 2.45) is 0 Å². The fourth-order valence-electron chi connectivity index (χ4n) is 3.32. The van der Waals surface area contributed by atoms with E-state index in [2.05, 4.69) is 14.9 Å². The number of carbonyl (C=O) groups is 3. The van der Waals surface area contributed by atoms with Crippen molar-refractivity contribution >= 4 is 29.2 Å². The molecular formula is C21H25N5O3. The monoisotopic (exact) mass is 395 g/mol. The molecule has 2 heterocycles. The third kappa shape index (κ3) is 5.16. The van der Waals surface area contributed by atoms with Gasteiger partial charge in [-0.1, -0.05) is 0 Å². The zero-order chi connectivity index (χ0) is 20.8. The van der Waals surface area contributed by atoms with Crippen LogP contribution in [0.25, 0.3) is 0 Å². The van der Waals surface area contributed by atoms with Gasteiger partial charge in [0.2, 0.25) is 17.8 Å². The fraction of sp³-hybridized carbons (Fsp3) is 0.381. The predicted octanol–water partition coefficient (Wildman–Crippen LogP) is 1.77. The largest absolute Gasteiger partial charge is 0.339 e. The number of amides is 2. The summed E-state index contributed by atoms with van der Waals surface area (Å²) in [6.45, 7) is 5.84. The molecule has 1 aliphatic rings. The number of ketones is 1. The molecule has 2 aromatic rings. The van der Waals surface area contributed by atoms with Crippen LogP contribution in [0.3, 0.4) is 0 Å². The molecule has 1 aliphatic heterocycles. The lowest BCUT2D eigenvalue weighted by Gasteiger charge is -2.35. The first-order valence-corrected chi connectivity index (χ1v) is 9.64. The highest BCUT2D eigenvalue weighted by Crippen LogP contribution is 2.17. The van der Waals surface area contributed by atoms with Gasteiger partial charge in [-0.25, -0.2) is 9.97 Å². The minimum Gasteiger partial charge on any atom is -0.339 e. The van der Waals surface area contributed by atoms with Crippen LogP contribution >= 0.6 is 0 Å². The maximum Gasteiger partial charge on any atom is 0.225 e. The average molecular weight is 395 g/mol. The smallest absolute Gasteiger partial charge is 0.225 e. The molecule has 0 aliphatic carbocycles. The van der Waals surface area contributed by atoms with Gasteiger partial charge >= 0.3 is 0 Å². The molecule has 0 bridgehead atoms. The Kier molecular flexibility index (Phi) is 6.54. The highest BCUT2D eigenvalue weighted by atomic mass is 16.2. The van der Waals surface area contributed by atoms with Crippen LogP contribution in [0.1, 0.15) is 30.6 Å². The summed E-state index contributed by atoms with van der Waals surface area (Å²) in [5.41, 5.74) is 1.27. The van der Waals surface area contributed by atoms with Crippen LogP contribution in [0.15, 0.2) is 42.7 Å². The van der Waals surface area contributed by atoms with Crippen LogP contribution in [0.5, 0.6) is 0 Å². The van der Waals surface area contributed by atoms with Crippen LogP contribution < -0.4 is 9.80 Å². The van der Waals surface area contributed by atoms with E-state index in [1.165, 1.54) is 13.8 Å². The number of rotatable bonds is 6. The van der Waals surface area contributed by atoms with Crippen molar-refractivity contribution in [3.63, 3.8) is 0 Å². The summed E-state index contributed by atoms with van der Waals surface area (Å²) in [4.78, 5) is 50.1. The molecule has 0 N–H and O–H groups in total. The number of hydrogen-bond acceptors (Lipinski definition) is 6. The molecule has 8 nitrogen and oxygen atoms in total. The Bertz CT molecular complexity index is 862. The van der Waals surface area contributed by atoms with Gasteiger partial charge < -0.3 is 14.7 Å². The molecule has 152 valence electrons. The van der Waals surface area contributed by atoms with E-state index in [-0.39, 0.29) is 24.0 Å². The molecule has 29 heavy (non-hydrogen) atoms. The molecule has 0 spiro atoms. The summed E-state index contributed by atoms with van der Waals surface area (Å²) in [6, 6.07) is 8.64. The van der Waals surface area contributed by atoms with Crippen LogP contribution in [-0.4, -0.2) is 65.2 Å². The second-order valence-corrected chi connectivity index (χ2v) is 6.94. The van der Waals surface area contributed by atoms with Crippen molar-refractivity contribution in [3.8, 4) is 0 Å². The van der Waals surface area contributed by atoms with Crippen LogP contribution in [0.2, 0.25) is 0 Å². The molecule has 3 rings (SSSR count). The summed E-state index contributed by atoms with van der Waals surface area (Å²) >= 11 is 0. The lowest BCUT2D eigenvalue weighted by Crippen LogP contribution is -2.49. The molecule has 1 saturated heterocycles. The molecule has 1 aromatic carbocycles. The Labute approximate surface area is 170 Å². The first kappa shape index (κ1) is 20.4. The van der Waals surface area contributed by atoms with Crippen LogP contribution in [0.4, 0.5) is 11.6 Å². The van der Waals surface area contributed by atoms with E-state index in [4.69, 9.17) is 0 Å². The van der Waals surface area contributed by atoms with Gasteiger partial charge in [0, 0.05) is 69.7 Å². The lowest BCUT2D eigenvalue weighted by molar-refractivity contribution is -0.131. The zero-order valence-electron chi connectivity index (χ0n) is 16.7. The third-order valence-corrected chi connectivity index (χ3v) is 4.98. The predicted molar refractivity (Wildman–Crippen MR) is 110 cm³/mol. The Hall–Kier alpha value is -3.29. The Morgan fingerprint density at radius 3 is 2.14 bits per heavy atom. The highest BCUT2D eigenvalue weighted by molar-refractivity contribution is 5.96. The van der Waals surface area contributed by atoms with E-state index in [0.29, 0.717) is 49.9 Å². The van der Waals surface area contributed by atoms with E-state index in [9.17, 15) is 14.4 Å². The molecule has 0 radical (unpaired) electrons. The number of Topliss-reactive ketones (excluding diaryl/α,β-unsaturated/α-hetero) is 1. The Morgan fingerprint density at radius 1 is 0.966 bits per heavy atom. The van der Waals surface area contributed by atoms with Crippen molar-refractivity contribution < 1.29 is 14.4 Å². The van der Waals surface area contributed by atoms with Gasteiger partial charge in [-0.05, 0) is 37.3 Å². The number of piperazine rings is 1. The van der Waals surface area contributed by atoms with Crippen LogP contribution in [0, 0.1) is 0 Å². The minimum atomic E-state index is -0.139. The molecule has 2 amide bonds. The first-order valence-electron chi connectivity index (χ1n) is 9.64. The highest BCUT2D eigenvalue weighted by Gasteiger charge is 2.23. The standard InChI is InChI=1S/C21H25N5O3/c1-16(27)18-4-6-19(7-5-18)26(17(2)28)11-8-20(29)24-12-14-25(15-13-24)21-22-9-3-10-23-21/h3-7,9-10H,8,11-15H2,1-2H3. The van der Waals surface area contributed by atoms with Gasteiger partial charge in [-0.2, -0.15) is 0 Å². The molecule has 1 aromatic heterocycles. The van der Waals surface area contributed by atoms with E-state index < -0.39 is 0 Å². The number of aromatic nitrogens is 2. The summed E-state index contributed by atoms with van der Waals surface area (Å²) in [7, 11) is 0. The zero-order valence-corrected chi connectivity index (χ0v) is 16.7. The van der Waals surface area contributed by atoms with E-state index in [1.807, 2.05) is 4.90 Å². The normalized spacial score (nSPS) is 13.9. The number of carbonyl (C=O) groups excluding carboxylic acids is 3. The fourth-order valence-corrected chi connectivity index (χ4v) is 3.32. The van der Waals surface area contributed by atoms with Crippen molar-refractivity contribution in [3.05, 3.63) is 48.3 Å². The summed E-state index contributed by atoms with van der Waals surface area (Å²) < 4.78 is 0. The van der Waals surface area contributed by atoms with Crippen molar-refractivity contribution in [1.29, 1.82) is 0 Å². The van der Waals surface area contributed by atoms with E-state index in [0.717, 1.165) is 0 Å². The number of hydrogen-bond donors (Lipinski definition) is 0. The number of nitrogens with zero attached hydrogens (tertiary/aromatic N) is 5. The van der Waals surface area contributed by atoms with Gasteiger partial charge in [0.25, 0.3) is 0 Å². The third-order valence-electron chi connectivity index (χ3n) is 4.98.